The summed E-state index contributed by atoms with van der Waals surface area (Å²) in [5.41, 5.74) is 2.56. The Kier molecular flexibility index (Phi) is 6.68. The number of hydrogen-bond donors (Lipinski definition) is 2. The molecule has 1 amide bonds. The molecule has 3 heterocycles. The van der Waals surface area contributed by atoms with Crippen LogP contribution in [-0.4, -0.2) is 56.9 Å². The summed E-state index contributed by atoms with van der Waals surface area (Å²) in [6.07, 6.45) is 7.04. The van der Waals surface area contributed by atoms with Crippen LogP contribution in [0.4, 0.5) is 5.95 Å². The fourth-order valence-electron chi connectivity index (χ4n) is 4.42. The zero-order valence-corrected chi connectivity index (χ0v) is 20.5. The van der Waals surface area contributed by atoms with Gasteiger partial charge in [-0.05, 0) is 65.9 Å². The summed E-state index contributed by atoms with van der Waals surface area (Å²) in [6, 6.07) is 10.2. The molecule has 1 aliphatic carbocycles. The van der Waals surface area contributed by atoms with Crippen molar-refractivity contribution in [1.29, 1.82) is 0 Å². The first-order valence-electron chi connectivity index (χ1n) is 11.4. The quantitative estimate of drug-likeness (QED) is 0.354. The molecule has 1 aliphatic rings. The summed E-state index contributed by atoms with van der Waals surface area (Å²) in [5, 5.41) is 12.9. The molecule has 0 unspecified atom stereocenters. The summed E-state index contributed by atoms with van der Waals surface area (Å²) in [5.74, 6) is 0.738. The Bertz CT molecular complexity index is 1320. The fraction of sp³-hybridized carbons (Fsp3) is 0.375. The molecule has 1 fully saturated rings. The second-order valence-corrected chi connectivity index (χ2v) is 9.24. The van der Waals surface area contributed by atoms with Crippen LogP contribution in [0.15, 0.2) is 47.3 Å². The van der Waals surface area contributed by atoms with Crippen LogP contribution < -0.4 is 10.6 Å². The van der Waals surface area contributed by atoms with E-state index in [4.69, 9.17) is 9.72 Å². The number of rotatable bonds is 7. The molecule has 4 aromatic rings. The lowest BCUT2D eigenvalue weighted by Crippen LogP contribution is -2.37. The summed E-state index contributed by atoms with van der Waals surface area (Å²) in [7, 11) is 1.63. The second-order valence-electron chi connectivity index (χ2n) is 8.49. The third kappa shape index (κ3) is 4.74. The van der Waals surface area contributed by atoms with Crippen molar-refractivity contribution in [2.75, 3.05) is 25.6 Å². The molecule has 0 saturated heterocycles. The number of halogens is 1. The highest BCUT2D eigenvalue weighted by Gasteiger charge is 2.26. The van der Waals surface area contributed by atoms with Gasteiger partial charge in [-0.2, -0.15) is 10.1 Å². The van der Waals surface area contributed by atoms with Crippen molar-refractivity contribution >= 4 is 49.7 Å². The lowest BCUT2D eigenvalue weighted by atomic mass is 9.85. The molecule has 0 spiro atoms. The Hall–Kier alpha value is -3.11. The number of carbonyl (C=O) groups excluding carboxylic acids is 1. The van der Waals surface area contributed by atoms with Crippen molar-refractivity contribution in [3.63, 3.8) is 0 Å². The van der Waals surface area contributed by atoms with Gasteiger partial charge < -0.3 is 15.4 Å². The minimum absolute atomic E-state index is 0.0538. The first-order chi connectivity index (χ1) is 16.6. The molecule has 1 saturated carbocycles. The molecule has 1 aromatic carbocycles. The summed E-state index contributed by atoms with van der Waals surface area (Å²) in [4.78, 5) is 26.0. The Balaban J connectivity index is 1.31. The number of ether oxygens (including phenoxy) is 1. The van der Waals surface area contributed by atoms with Crippen LogP contribution in [0.3, 0.4) is 0 Å². The van der Waals surface area contributed by atoms with Gasteiger partial charge in [-0.15, -0.1) is 0 Å². The van der Waals surface area contributed by atoms with Crippen LogP contribution in [-0.2, 0) is 9.53 Å². The molecule has 176 valence electrons. The molecule has 0 radical (unpaired) electrons. The van der Waals surface area contributed by atoms with Crippen LogP contribution in [0.1, 0.15) is 25.7 Å². The molecule has 2 N–H and O–H groups in total. The Labute approximate surface area is 205 Å². The molecule has 0 aliphatic heterocycles. The number of nitrogens with zero attached hydrogens (tertiary/aromatic N) is 5. The predicted molar refractivity (Wildman–Crippen MR) is 134 cm³/mol. The Morgan fingerprint density at radius 2 is 2.06 bits per heavy atom. The van der Waals surface area contributed by atoms with E-state index < -0.39 is 0 Å². The monoisotopic (exact) mass is 523 g/mol. The van der Waals surface area contributed by atoms with Gasteiger partial charge in [0, 0.05) is 43.4 Å². The SMILES string of the molecule is COCCNC(=O)C1CCC(Nc2ncc3c(Br)nn(-c4ccc5ncccc5c4)c3n2)CC1. The average molecular weight is 524 g/mol. The molecule has 0 atom stereocenters. The van der Waals surface area contributed by atoms with Gasteiger partial charge in [-0.3, -0.25) is 9.78 Å². The average Bonchev–Trinajstić information content (AvgIpc) is 3.20. The Morgan fingerprint density at radius 3 is 2.88 bits per heavy atom. The number of carbonyl (C=O) groups is 1. The molecule has 3 aromatic heterocycles. The van der Waals surface area contributed by atoms with Gasteiger partial charge in [0.2, 0.25) is 11.9 Å². The predicted octanol–water partition coefficient (Wildman–Crippen LogP) is 3.86. The van der Waals surface area contributed by atoms with E-state index in [1.165, 1.54) is 0 Å². The van der Waals surface area contributed by atoms with Crippen molar-refractivity contribution in [2.45, 2.75) is 31.7 Å². The van der Waals surface area contributed by atoms with E-state index in [9.17, 15) is 4.79 Å². The van der Waals surface area contributed by atoms with Crippen LogP contribution in [0.2, 0.25) is 0 Å². The molecule has 9 nitrogen and oxygen atoms in total. The zero-order chi connectivity index (χ0) is 23.5. The van der Waals surface area contributed by atoms with Crippen molar-refractivity contribution < 1.29 is 9.53 Å². The third-order valence-electron chi connectivity index (χ3n) is 6.25. The standard InChI is InChI=1S/C24H26BrN7O2/c1-34-12-11-27-23(33)15-4-6-17(7-5-15)29-24-28-14-19-21(25)31-32(22(19)30-24)18-8-9-20-16(13-18)3-2-10-26-20/h2-3,8-10,13-15,17H,4-7,11-12H2,1H3,(H,27,33)(H,28,29,30). The minimum atomic E-state index is 0.0538. The normalized spacial score (nSPS) is 18.3. The van der Waals surface area contributed by atoms with Gasteiger partial charge in [0.25, 0.3) is 0 Å². The molecule has 34 heavy (non-hydrogen) atoms. The van der Waals surface area contributed by atoms with Crippen molar-refractivity contribution in [3.8, 4) is 5.69 Å². The molecular formula is C24H26BrN7O2. The summed E-state index contributed by atoms with van der Waals surface area (Å²) >= 11 is 3.54. The maximum Gasteiger partial charge on any atom is 0.224 e. The third-order valence-corrected chi connectivity index (χ3v) is 6.83. The maximum atomic E-state index is 12.3. The first kappa shape index (κ1) is 22.7. The summed E-state index contributed by atoms with van der Waals surface area (Å²) in [6.45, 7) is 1.09. The van der Waals surface area contributed by atoms with Crippen LogP contribution in [0.5, 0.6) is 0 Å². The number of benzene rings is 1. The van der Waals surface area contributed by atoms with E-state index >= 15 is 0 Å². The van der Waals surface area contributed by atoms with Gasteiger partial charge in [-0.25, -0.2) is 9.67 Å². The van der Waals surface area contributed by atoms with Crippen molar-refractivity contribution in [1.82, 2.24) is 30.0 Å². The minimum Gasteiger partial charge on any atom is -0.383 e. The number of fused-ring (bicyclic) bond motifs is 2. The fourth-order valence-corrected chi connectivity index (χ4v) is 4.85. The van der Waals surface area contributed by atoms with E-state index in [1.807, 2.05) is 28.9 Å². The molecular weight excluding hydrogens is 498 g/mol. The largest absolute Gasteiger partial charge is 0.383 e. The lowest BCUT2D eigenvalue weighted by Gasteiger charge is -2.28. The Morgan fingerprint density at radius 1 is 1.21 bits per heavy atom. The second kappa shape index (κ2) is 10.0. The van der Waals surface area contributed by atoms with Crippen LogP contribution in [0.25, 0.3) is 27.6 Å². The molecule has 0 bridgehead atoms. The number of anilines is 1. The maximum absolute atomic E-state index is 12.3. The van der Waals surface area contributed by atoms with E-state index in [1.54, 1.807) is 19.5 Å². The van der Waals surface area contributed by atoms with E-state index in [0.29, 0.717) is 23.7 Å². The lowest BCUT2D eigenvalue weighted by molar-refractivity contribution is -0.126. The number of pyridine rings is 1. The topological polar surface area (TPSA) is 107 Å². The number of amides is 1. The van der Waals surface area contributed by atoms with E-state index in [2.05, 4.69) is 47.7 Å². The van der Waals surface area contributed by atoms with Gasteiger partial charge in [0.15, 0.2) is 5.65 Å². The van der Waals surface area contributed by atoms with Crippen LogP contribution >= 0.6 is 15.9 Å². The van der Waals surface area contributed by atoms with Crippen molar-refractivity contribution in [2.24, 2.45) is 5.92 Å². The van der Waals surface area contributed by atoms with Gasteiger partial charge in [-0.1, -0.05) is 6.07 Å². The van der Waals surface area contributed by atoms with Gasteiger partial charge >= 0.3 is 0 Å². The zero-order valence-electron chi connectivity index (χ0n) is 18.9. The number of nitrogens with one attached hydrogen (secondary N) is 2. The summed E-state index contributed by atoms with van der Waals surface area (Å²) < 4.78 is 7.51. The smallest absolute Gasteiger partial charge is 0.224 e. The van der Waals surface area contributed by atoms with E-state index in [0.717, 1.165) is 53.3 Å². The number of aromatic nitrogens is 5. The number of hydrogen-bond acceptors (Lipinski definition) is 7. The first-order valence-corrected chi connectivity index (χ1v) is 12.2. The van der Waals surface area contributed by atoms with E-state index in [-0.39, 0.29) is 17.9 Å². The van der Waals surface area contributed by atoms with Gasteiger partial charge in [0.1, 0.15) is 4.60 Å². The molecule has 5 rings (SSSR count). The van der Waals surface area contributed by atoms with Gasteiger partial charge in [0.05, 0.1) is 23.2 Å². The van der Waals surface area contributed by atoms with Crippen LogP contribution in [0, 0.1) is 5.92 Å². The highest BCUT2D eigenvalue weighted by atomic mass is 79.9. The highest BCUT2D eigenvalue weighted by molar-refractivity contribution is 9.10. The molecule has 10 heteroatoms. The van der Waals surface area contributed by atoms with Crippen molar-refractivity contribution in [3.05, 3.63) is 47.3 Å². The number of methoxy groups -OCH3 is 1. The highest BCUT2D eigenvalue weighted by Crippen LogP contribution is 2.29.